The van der Waals surface area contributed by atoms with Crippen molar-refractivity contribution in [1.82, 2.24) is 24.8 Å². The van der Waals surface area contributed by atoms with Crippen LogP contribution in [-0.2, 0) is 0 Å². The van der Waals surface area contributed by atoms with Gasteiger partial charge in [0, 0.05) is 18.5 Å². The van der Waals surface area contributed by atoms with Gasteiger partial charge in [-0.2, -0.15) is 5.10 Å². The zero-order valence-electron chi connectivity index (χ0n) is 9.89. The summed E-state index contributed by atoms with van der Waals surface area (Å²) in [5, 5.41) is 14.4. The first-order chi connectivity index (χ1) is 9.79. The van der Waals surface area contributed by atoms with Crippen molar-refractivity contribution in [3.63, 3.8) is 0 Å². The van der Waals surface area contributed by atoms with Crippen molar-refractivity contribution in [3.8, 4) is 22.4 Å². The van der Waals surface area contributed by atoms with Crippen LogP contribution in [0.3, 0.4) is 0 Å². The second-order valence-electron chi connectivity index (χ2n) is 3.99. The molecule has 0 spiro atoms. The largest absolute Gasteiger partial charge is 0.414 e. The molecule has 0 radical (unpaired) electrons. The Morgan fingerprint density at radius 1 is 1.25 bits per heavy atom. The average Bonchev–Trinajstić information content (AvgIpc) is 3.17. The molecule has 8 heteroatoms. The molecule has 0 aliphatic heterocycles. The van der Waals surface area contributed by atoms with Crippen LogP contribution in [0.15, 0.2) is 44.9 Å². The van der Waals surface area contributed by atoms with E-state index in [1.54, 1.807) is 28.1 Å². The molecule has 4 aromatic heterocycles. The molecule has 0 fully saturated rings. The van der Waals surface area contributed by atoms with Crippen molar-refractivity contribution in [2.75, 3.05) is 0 Å². The lowest BCUT2D eigenvalue weighted by molar-refractivity contribution is 0.583. The van der Waals surface area contributed by atoms with E-state index in [0.717, 1.165) is 15.0 Å². The predicted molar refractivity (Wildman–Crippen MR) is 77.3 cm³/mol. The van der Waals surface area contributed by atoms with Gasteiger partial charge in [0.1, 0.15) is 0 Å². The Balaban J connectivity index is 1.79. The minimum absolute atomic E-state index is 0.384. The molecule has 4 rings (SSSR count). The van der Waals surface area contributed by atoms with Gasteiger partial charge in [0.05, 0.1) is 9.35 Å². The highest BCUT2D eigenvalue weighted by atomic mass is 79.9. The second-order valence-corrected chi connectivity index (χ2v) is 5.86. The third kappa shape index (κ3) is 1.93. The summed E-state index contributed by atoms with van der Waals surface area (Å²) in [5.41, 5.74) is 1.32. The first kappa shape index (κ1) is 11.7. The number of rotatable bonds is 2. The number of hydrogen-bond acceptors (Lipinski definition) is 6. The highest BCUT2D eigenvalue weighted by Crippen LogP contribution is 2.26. The fraction of sp³-hybridized carbons (Fsp3) is 0. The molecule has 20 heavy (non-hydrogen) atoms. The quantitative estimate of drug-likeness (QED) is 0.556. The van der Waals surface area contributed by atoms with Gasteiger partial charge in [-0.15, -0.1) is 21.5 Å². The van der Waals surface area contributed by atoms with E-state index in [4.69, 9.17) is 4.42 Å². The summed E-state index contributed by atoms with van der Waals surface area (Å²) < 4.78 is 8.16. The highest BCUT2D eigenvalue weighted by molar-refractivity contribution is 9.10. The highest BCUT2D eigenvalue weighted by Gasteiger charge is 2.14. The van der Waals surface area contributed by atoms with E-state index in [-0.39, 0.29) is 0 Å². The SMILES string of the molecule is Brc1cnc2cc(-c3nnc(-c4cccs4)o3)nn2c1. The number of nitrogens with zero attached hydrogens (tertiary/aromatic N) is 5. The summed E-state index contributed by atoms with van der Waals surface area (Å²) in [6.45, 7) is 0. The van der Waals surface area contributed by atoms with Crippen LogP contribution in [-0.4, -0.2) is 24.8 Å². The van der Waals surface area contributed by atoms with Gasteiger partial charge in [-0.3, -0.25) is 0 Å². The fourth-order valence-electron chi connectivity index (χ4n) is 1.79. The minimum Gasteiger partial charge on any atom is -0.414 e. The molecule has 6 nitrogen and oxygen atoms in total. The number of thiophene rings is 1. The van der Waals surface area contributed by atoms with Crippen molar-refractivity contribution in [2.45, 2.75) is 0 Å². The predicted octanol–water partition coefficient (Wildman–Crippen LogP) is 3.27. The maximum absolute atomic E-state index is 5.65. The summed E-state index contributed by atoms with van der Waals surface area (Å²) in [4.78, 5) is 5.19. The maximum atomic E-state index is 5.65. The van der Waals surface area contributed by atoms with Crippen molar-refractivity contribution >= 4 is 32.9 Å². The first-order valence-electron chi connectivity index (χ1n) is 5.68. The first-order valence-corrected chi connectivity index (χ1v) is 7.35. The molecule has 0 bridgehead atoms. The molecule has 0 saturated carbocycles. The Labute approximate surface area is 125 Å². The molecular formula is C12H6BrN5OS. The van der Waals surface area contributed by atoms with Crippen LogP contribution in [0.5, 0.6) is 0 Å². The molecular weight excluding hydrogens is 342 g/mol. The summed E-state index contributed by atoms with van der Waals surface area (Å²) >= 11 is 4.91. The van der Waals surface area contributed by atoms with Crippen molar-refractivity contribution < 1.29 is 4.42 Å². The summed E-state index contributed by atoms with van der Waals surface area (Å²) in [5.74, 6) is 0.885. The lowest BCUT2D eigenvalue weighted by Crippen LogP contribution is -1.88. The van der Waals surface area contributed by atoms with Crippen LogP contribution >= 0.6 is 27.3 Å². The standard InChI is InChI=1S/C12H6BrN5OS/c13-7-5-14-10-4-8(17-18(10)6-7)11-15-16-12(19-11)9-2-1-3-20-9/h1-6H. The Hall–Kier alpha value is -2.06. The van der Waals surface area contributed by atoms with Gasteiger partial charge in [0.25, 0.3) is 11.8 Å². The van der Waals surface area contributed by atoms with E-state index in [9.17, 15) is 0 Å². The summed E-state index contributed by atoms with van der Waals surface area (Å²) in [6, 6.07) is 5.68. The van der Waals surface area contributed by atoms with Gasteiger partial charge in [-0.25, -0.2) is 9.50 Å². The van der Waals surface area contributed by atoms with Crippen molar-refractivity contribution in [3.05, 3.63) is 40.4 Å². The van der Waals surface area contributed by atoms with Crippen LogP contribution in [0.1, 0.15) is 0 Å². The fourth-order valence-corrected chi connectivity index (χ4v) is 2.73. The molecule has 0 unspecified atom stereocenters. The zero-order chi connectivity index (χ0) is 13.5. The Morgan fingerprint density at radius 2 is 2.15 bits per heavy atom. The molecule has 0 N–H and O–H groups in total. The average molecular weight is 348 g/mol. The summed E-state index contributed by atoms with van der Waals surface area (Å²) in [7, 11) is 0. The van der Waals surface area contributed by atoms with E-state index >= 15 is 0 Å². The Morgan fingerprint density at radius 3 is 3.00 bits per heavy atom. The van der Waals surface area contributed by atoms with Gasteiger partial charge in [0.2, 0.25) is 0 Å². The molecule has 0 aliphatic carbocycles. The second kappa shape index (κ2) is 4.50. The normalized spacial score (nSPS) is 11.2. The van der Waals surface area contributed by atoms with Crippen LogP contribution < -0.4 is 0 Å². The van der Waals surface area contributed by atoms with Crippen LogP contribution in [0.4, 0.5) is 0 Å². The van der Waals surface area contributed by atoms with Crippen molar-refractivity contribution in [2.24, 2.45) is 0 Å². The molecule has 0 saturated heterocycles. The smallest absolute Gasteiger partial charge is 0.268 e. The van der Waals surface area contributed by atoms with E-state index in [0.29, 0.717) is 17.5 Å². The number of halogens is 1. The number of aromatic nitrogens is 5. The zero-order valence-corrected chi connectivity index (χ0v) is 12.3. The molecule has 98 valence electrons. The number of hydrogen-bond donors (Lipinski definition) is 0. The lowest BCUT2D eigenvalue weighted by Gasteiger charge is -1.90. The topological polar surface area (TPSA) is 69.1 Å². The molecule has 4 aromatic rings. The van der Waals surface area contributed by atoms with Gasteiger partial charge in [0.15, 0.2) is 11.3 Å². The van der Waals surface area contributed by atoms with Gasteiger partial charge in [-0.05, 0) is 27.4 Å². The molecule has 4 heterocycles. The third-order valence-electron chi connectivity index (χ3n) is 2.66. The van der Waals surface area contributed by atoms with Gasteiger partial charge < -0.3 is 4.42 Å². The number of fused-ring (bicyclic) bond motifs is 1. The van der Waals surface area contributed by atoms with E-state index in [2.05, 4.69) is 36.2 Å². The molecule has 0 atom stereocenters. The van der Waals surface area contributed by atoms with Crippen LogP contribution in [0.2, 0.25) is 0 Å². The Bertz CT molecular complexity index is 882. The van der Waals surface area contributed by atoms with Crippen molar-refractivity contribution in [1.29, 1.82) is 0 Å². The van der Waals surface area contributed by atoms with Crippen LogP contribution in [0, 0.1) is 0 Å². The lowest BCUT2D eigenvalue weighted by atomic mass is 10.4. The maximum Gasteiger partial charge on any atom is 0.268 e. The van der Waals surface area contributed by atoms with E-state index in [1.165, 1.54) is 0 Å². The molecule has 0 aliphatic rings. The summed E-state index contributed by atoms with van der Waals surface area (Å²) in [6.07, 6.45) is 3.54. The van der Waals surface area contributed by atoms with Gasteiger partial charge in [-0.1, -0.05) is 6.07 Å². The third-order valence-corrected chi connectivity index (χ3v) is 3.93. The minimum atomic E-state index is 0.384. The van der Waals surface area contributed by atoms with E-state index < -0.39 is 0 Å². The van der Waals surface area contributed by atoms with Crippen LogP contribution in [0.25, 0.3) is 28.0 Å². The Kier molecular flexibility index (Phi) is 2.64. The molecule has 0 amide bonds. The van der Waals surface area contributed by atoms with E-state index in [1.807, 2.05) is 23.7 Å². The van der Waals surface area contributed by atoms with Gasteiger partial charge >= 0.3 is 0 Å². The monoisotopic (exact) mass is 347 g/mol. The molecule has 0 aromatic carbocycles.